The summed E-state index contributed by atoms with van der Waals surface area (Å²) in [5.41, 5.74) is 3.31. The lowest BCUT2D eigenvalue weighted by atomic mass is 10.1. The number of carbonyl (C=O) groups is 1. The van der Waals surface area contributed by atoms with Crippen molar-refractivity contribution in [3.8, 4) is 11.4 Å². The highest BCUT2D eigenvalue weighted by molar-refractivity contribution is 7.99. The molecule has 140 valence electrons. The van der Waals surface area contributed by atoms with Gasteiger partial charge in [-0.1, -0.05) is 52.7 Å². The van der Waals surface area contributed by atoms with E-state index in [4.69, 9.17) is 4.52 Å². The summed E-state index contributed by atoms with van der Waals surface area (Å²) in [5.74, 6) is 1.78. The number of hydrogen-bond acceptors (Lipinski definition) is 5. The van der Waals surface area contributed by atoms with Crippen molar-refractivity contribution in [2.75, 3.05) is 12.8 Å². The summed E-state index contributed by atoms with van der Waals surface area (Å²) < 4.78 is 5.29. The Morgan fingerprint density at radius 1 is 1.04 bits per heavy atom. The summed E-state index contributed by atoms with van der Waals surface area (Å²) >= 11 is 1.68. The fraction of sp³-hybridized carbons (Fsp3) is 0.286. The van der Waals surface area contributed by atoms with Gasteiger partial charge in [0.25, 0.3) is 0 Å². The van der Waals surface area contributed by atoms with Crippen LogP contribution in [0.5, 0.6) is 0 Å². The molecule has 5 nitrogen and oxygen atoms in total. The van der Waals surface area contributed by atoms with Gasteiger partial charge in [-0.05, 0) is 26.0 Å². The van der Waals surface area contributed by atoms with Crippen molar-refractivity contribution in [1.29, 1.82) is 0 Å². The first kappa shape index (κ1) is 19.2. The SMILES string of the molecule is Cc1ccc(SCCC(=O)N(C)Cc2nc(-c3ccc(C)cc3)no2)cc1. The number of aromatic nitrogens is 2. The van der Waals surface area contributed by atoms with Gasteiger partial charge in [-0.15, -0.1) is 11.8 Å². The molecule has 0 N–H and O–H groups in total. The van der Waals surface area contributed by atoms with E-state index in [0.717, 1.165) is 11.3 Å². The standard InChI is InChI=1S/C21H23N3O2S/c1-15-4-8-17(9-5-15)21-22-19(26-23-21)14-24(3)20(25)12-13-27-18-10-6-16(2)7-11-18/h4-11H,12-14H2,1-3H3. The average molecular weight is 382 g/mol. The van der Waals surface area contributed by atoms with E-state index in [1.807, 2.05) is 31.2 Å². The van der Waals surface area contributed by atoms with Crippen molar-refractivity contribution in [3.05, 3.63) is 65.5 Å². The molecule has 0 saturated carbocycles. The van der Waals surface area contributed by atoms with Crippen LogP contribution in [0.2, 0.25) is 0 Å². The first-order chi connectivity index (χ1) is 13.0. The monoisotopic (exact) mass is 381 g/mol. The molecule has 0 atom stereocenters. The van der Waals surface area contributed by atoms with Crippen LogP contribution in [-0.2, 0) is 11.3 Å². The zero-order valence-electron chi connectivity index (χ0n) is 15.8. The normalized spacial score (nSPS) is 10.8. The fourth-order valence-electron chi connectivity index (χ4n) is 2.51. The highest BCUT2D eigenvalue weighted by Crippen LogP contribution is 2.20. The molecule has 3 rings (SSSR count). The second-order valence-electron chi connectivity index (χ2n) is 6.54. The highest BCUT2D eigenvalue weighted by Gasteiger charge is 2.14. The largest absolute Gasteiger partial charge is 0.337 e. The van der Waals surface area contributed by atoms with Gasteiger partial charge >= 0.3 is 0 Å². The molecule has 1 aromatic heterocycles. The van der Waals surface area contributed by atoms with Gasteiger partial charge in [-0.25, -0.2) is 0 Å². The Labute approximate surface area is 163 Å². The van der Waals surface area contributed by atoms with E-state index in [-0.39, 0.29) is 5.91 Å². The molecule has 1 heterocycles. The molecular weight excluding hydrogens is 358 g/mol. The second kappa shape index (κ2) is 8.86. The highest BCUT2D eigenvalue weighted by atomic mass is 32.2. The van der Waals surface area contributed by atoms with E-state index >= 15 is 0 Å². The Morgan fingerprint density at radius 2 is 1.67 bits per heavy atom. The van der Waals surface area contributed by atoms with Crippen molar-refractivity contribution < 1.29 is 9.32 Å². The van der Waals surface area contributed by atoms with E-state index in [1.165, 1.54) is 16.0 Å². The summed E-state index contributed by atoms with van der Waals surface area (Å²) in [6.07, 6.45) is 0.466. The van der Waals surface area contributed by atoms with Gasteiger partial charge in [0.1, 0.15) is 0 Å². The topological polar surface area (TPSA) is 59.2 Å². The molecule has 0 radical (unpaired) electrons. The fourth-order valence-corrected chi connectivity index (χ4v) is 3.35. The smallest absolute Gasteiger partial charge is 0.246 e. The number of thioether (sulfide) groups is 1. The molecule has 6 heteroatoms. The summed E-state index contributed by atoms with van der Waals surface area (Å²) in [6.45, 7) is 4.41. The molecule has 0 aliphatic rings. The number of hydrogen-bond donors (Lipinski definition) is 0. The zero-order valence-corrected chi connectivity index (χ0v) is 16.6. The average Bonchev–Trinajstić information content (AvgIpc) is 3.12. The van der Waals surface area contributed by atoms with Gasteiger partial charge < -0.3 is 9.42 Å². The summed E-state index contributed by atoms with van der Waals surface area (Å²) in [4.78, 5) is 19.5. The van der Waals surface area contributed by atoms with E-state index < -0.39 is 0 Å². The van der Waals surface area contributed by atoms with Crippen molar-refractivity contribution in [1.82, 2.24) is 15.0 Å². The Bertz CT molecular complexity index is 889. The minimum absolute atomic E-state index is 0.0599. The lowest BCUT2D eigenvalue weighted by molar-refractivity contribution is -0.130. The number of aryl methyl sites for hydroxylation is 2. The molecule has 0 bridgehead atoms. The van der Waals surface area contributed by atoms with Crippen LogP contribution >= 0.6 is 11.8 Å². The van der Waals surface area contributed by atoms with Crippen molar-refractivity contribution in [3.63, 3.8) is 0 Å². The zero-order chi connectivity index (χ0) is 19.2. The van der Waals surface area contributed by atoms with Crippen LogP contribution < -0.4 is 0 Å². The number of amides is 1. The van der Waals surface area contributed by atoms with Crippen LogP contribution in [-0.4, -0.2) is 33.7 Å². The van der Waals surface area contributed by atoms with E-state index in [9.17, 15) is 4.79 Å². The predicted molar refractivity (Wildman–Crippen MR) is 107 cm³/mol. The van der Waals surface area contributed by atoms with Crippen LogP contribution in [0.1, 0.15) is 23.4 Å². The molecule has 0 saturated heterocycles. The Kier molecular flexibility index (Phi) is 6.29. The van der Waals surface area contributed by atoms with Crippen LogP contribution in [0.15, 0.2) is 57.9 Å². The molecule has 3 aromatic rings. The van der Waals surface area contributed by atoms with Crippen LogP contribution in [0, 0.1) is 13.8 Å². The number of nitrogens with zero attached hydrogens (tertiary/aromatic N) is 3. The molecule has 0 unspecified atom stereocenters. The molecular formula is C21H23N3O2S. The van der Waals surface area contributed by atoms with E-state index in [0.29, 0.717) is 24.7 Å². The van der Waals surface area contributed by atoms with Gasteiger partial charge in [0.2, 0.25) is 17.6 Å². The molecule has 0 aliphatic carbocycles. The Balaban J connectivity index is 1.49. The third-order valence-electron chi connectivity index (χ3n) is 4.18. The molecule has 1 amide bonds. The summed E-state index contributed by atoms with van der Waals surface area (Å²) in [6, 6.07) is 16.3. The van der Waals surface area contributed by atoms with Crippen molar-refractivity contribution in [2.24, 2.45) is 0 Å². The summed E-state index contributed by atoms with van der Waals surface area (Å²) in [5, 5.41) is 4.01. The first-order valence-electron chi connectivity index (χ1n) is 8.84. The number of carbonyl (C=O) groups excluding carboxylic acids is 1. The second-order valence-corrected chi connectivity index (χ2v) is 7.71. The van der Waals surface area contributed by atoms with Crippen LogP contribution in [0.25, 0.3) is 11.4 Å². The minimum atomic E-state index is 0.0599. The molecule has 0 spiro atoms. The molecule has 0 fully saturated rings. The number of benzene rings is 2. The van der Waals surface area contributed by atoms with E-state index in [2.05, 4.69) is 41.3 Å². The van der Waals surface area contributed by atoms with Gasteiger partial charge in [0.05, 0.1) is 6.54 Å². The van der Waals surface area contributed by atoms with Crippen molar-refractivity contribution >= 4 is 17.7 Å². The van der Waals surface area contributed by atoms with Gasteiger partial charge in [0, 0.05) is 29.7 Å². The van der Waals surface area contributed by atoms with Gasteiger partial charge in [0.15, 0.2) is 0 Å². The lowest BCUT2D eigenvalue weighted by Gasteiger charge is -2.14. The first-order valence-corrected chi connectivity index (χ1v) is 9.83. The quantitative estimate of drug-likeness (QED) is 0.564. The molecule has 2 aromatic carbocycles. The Morgan fingerprint density at radius 3 is 2.33 bits per heavy atom. The van der Waals surface area contributed by atoms with Crippen LogP contribution in [0.4, 0.5) is 0 Å². The minimum Gasteiger partial charge on any atom is -0.337 e. The van der Waals surface area contributed by atoms with Crippen LogP contribution in [0.3, 0.4) is 0 Å². The maximum absolute atomic E-state index is 12.3. The predicted octanol–water partition coefficient (Wildman–Crippen LogP) is 4.49. The van der Waals surface area contributed by atoms with Gasteiger partial charge in [-0.3, -0.25) is 4.79 Å². The third-order valence-corrected chi connectivity index (χ3v) is 5.20. The lowest BCUT2D eigenvalue weighted by Crippen LogP contribution is -2.26. The van der Waals surface area contributed by atoms with Gasteiger partial charge in [-0.2, -0.15) is 4.98 Å². The molecule has 27 heavy (non-hydrogen) atoms. The van der Waals surface area contributed by atoms with Crippen molar-refractivity contribution in [2.45, 2.75) is 31.7 Å². The Hall–Kier alpha value is -2.60. The number of rotatable bonds is 7. The maximum atomic E-state index is 12.3. The summed E-state index contributed by atoms with van der Waals surface area (Å²) in [7, 11) is 1.76. The molecule has 0 aliphatic heterocycles. The third kappa shape index (κ3) is 5.44. The maximum Gasteiger partial charge on any atom is 0.246 e. The van der Waals surface area contributed by atoms with E-state index in [1.54, 1.807) is 23.7 Å².